The van der Waals surface area contributed by atoms with Crippen molar-refractivity contribution >= 4 is 11.8 Å². The van der Waals surface area contributed by atoms with Gasteiger partial charge in [0.15, 0.2) is 5.16 Å². The topological polar surface area (TPSA) is 25.8 Å². The van der Waals surface area contributed by atoms with E-state index in [9.17, 15) is 0 Å². The molecule has 0 fully saturated rings. The number of rotatable bonds is 2. The van der Waals surface area contributed by atoms with Gasteiger partial charge in [-0.05, 0) is 13.0 Å². The molecule has 0 aliphatic rings. The summed E-state index contributed by atoms with van der Waals surface area (Å²) in [6, 6.07) is 1.80. The van der Waals surface area contributed by atoms with Crippen molar-refractivity contribution in [3.8, 4) is 0 Å². The molecule has 0 atom stereocenters. The molecule has 2 nitrogen and oxygen atoms in total. The standard InChI is InChI=1S/C6H7N2S/c1-2-9-6-7-4-3-5-8-6/h3-5H,1-2H2. The third kappa shape index (κ3) is 2.01. The quantitative estimate of drug-likeness (QED) is 0.457. The van der Waals surface area contributed by atoms with E-state index in [4.69, 9.17) is 0 Å². The van der Waals surface area contributed by atoms with Gasteiger partial charge in [0, 0.05) is 18.1 Å². The smallest absolute Gasteiger partial charge is 0.187 e. The van der Waals surface area contributed by atoms with Gasteiger partial charge in [0.1, 0.15) is 0 Å². The Balaban J connectivity index is 2.61. The largest absolute Gasteiger partial charge is 0.231 e. The van der Waals surface area contributed by atoms with Crippen LogP contribution < -0.4 is 0 Å². The zero-order valence-corrected chi connectivity index (χ0v) is 5.77. The monoisotopic (exact) mass is 139 g/mol. The molecule has 0 saturated heterocycles. The van der Waals surface area contributed by atoms with Crippen LogP contribution in [0.1, 0.15) is 0 Å². The molecular weight excluding hydrogens is 132 g/mol. The van der Waals surface area contributed by atoms with Crippen molar-refractivity contribution < 1.29 is 0 Å². The van der Waals surface area contributed by atoms with Gasteiger partial charge in [-0.2, -0.15) is 0 Å². The lowest BCUT2D eigenvalue weighted by Crippen LogP contribution is -1.82. The van der Waals surface area contributed by atoms with Crippen LogP contribution in [0.15, 0.2) is 23.6 Å². The number of aromatic nitrogens is 2. The molecule has 0 aliphatic carbocycles. The van der Waals surface area contributed by atoms with Crippen molar-refractivity contribution in [3.05, 3.63) is 25.4 Å². The fourth-order valence-corrected chi connectivity index (χ4v) is 0.905. The van der Waals surface area contributed by atoms with Crippen LogP contribution in [0, 0.1) is 6.92 Å². The Morgan fingerprint density at radius 2 is 2.11 bits per heavy atom. The van der Waals surface area contributed by atoms with Crippen molar-refractivity contribution in [2.45, 2.75) is 5.16 Å². The molecule has 0 saturated carbocycles. The first kappa shape index (κ1) is 6.55. The second-order valence-corrected chi connectivity index (χ2v) is 2.44. The van der Waals surface area contributed by atoms with Crippen molar-refractivity contribution in [2.75, 3.05) is 5.75 Å². The summed E-state index contributed by atoms with van der Waals surface area (Å²) in [4.78, 5) is 7.96. The molecule has 47 valence electrons. The van der Waals surface area contributed by atoms with Crippen LogP contribution in [0.25, 0.3) is 0 Å². The minimum absolute atomic E-state index is 0.782. The molecule has 1 heterocycles. The van der Waals surface area contributed by atoms with Gasteiger partial charge < -0.3 is 0 Å². The molecular formula is C6H7N2S. The summed E-state index contributed by atoms with van der Waals surface area (Å²) in [5.41, 5.74) is 0. The number of thioether (sulfide) groups is 1. The molecule has 0 unspecified atom stereocenters. The minimum atomic E-state index is 0.782. The van der Waals surface area contributed by atoms with E-state index in [2.05, 4.69) is 16.9 Å². The third-order valence-corrected chi connectivity index (χ3v) is 1.45. The van der Waals surface area contributed by atoms with Gasteiger partial charge >= 0.3 is 0 Å². The maximum atomic E-state index is 3.98. The lowest BCUT2D eigenvalue weighted by atomic mass is 10.7. The van der Waals surface area contributed by atoms with E-state index in [0.717, 1.165) is 10.9 Å². The Hall–Kier alpha value is -0.570. The third-order valence-electron chi connectivity index (χ3n) is 0.773. The van der Waals surface area contributed by atoms with Gasteiger partial charge in [0.2, 0.25) is 0 Å². The summed E-state index contributed by atoms with van der Waals surface area (Å²) in [7, 11) is 0. The van der Waals surface area contributed by atoms with E-state index < -0.39 is 0 Å². The predicted octanol–water partition coefficient (Wildman–Crippen LogP) is 1.40. The number of hydrogen-bond donors (Lipinski definition) is 0. The van der Waals surface area contributed by atoms with Gasteiger partial charge in [-0.3, -0.25) is 0 Å². The summed E-state index contributed by atoms with van der Waals surface area (Å²) in [5.74, 6) is 0.782. The van der Waals surface area contributed by atoms with Crippen LogP contribution in [0.2, 0.25) is 0 Å². The van der Waals surface area contributed by atoms with E-state index in [1.807, 2.05) is 0 Å². The van der Waals surface area contributed by atoms with Gasteiger partial charge in [-0.15, -0.1) is 0 Å². The highest BCUT2D eigenvalue weighted by Gasteiger charge is 1.88. The number of nitrogens with zero attached hydrogens (tertiary/aromatic N) is 2. The van der Waals surface area contributed by atoms with Gasteiger partial charge in [0.05, 0.1) is 0 Å². The SMILES string of the molecule is [CH2]CSc1ncccn1. The molecule has 0 aliphatic heterocycles. The van der Waals surface area contributed by atoms with Gasteiger partial charge in [-0.1, -0.05) is 11.8 Å². The van der Waals surface area contributed by atoms with Crippen LogP contribution in [-0.2, 0) is 0 Å². The minimum Gasteiger partial charge on any atom is -0.231 e. The fourth-order valence-electron chi connectivity index (χ4n) is 0.451. The molecule has 0 amide bonds. The van der Waals surface area contributed by atoms with Crippen LogP contribution in [-0.4, -0.2) is 15.7 Å². The van der Waals surface area contributed by atoms with Crippen LogP contribution >= 0.6 is 11.8 Å². The van der Waals surface area contributed by atoms with Crippen molar-refractivity contribution in [3.63, 3.8) is 0 Å². The van der Waals surface area contributed by atoms with Crippen molar-refractivity contribution in [1.29, 1.82) is 0 Å². The Morgan fingerprint density at radius 3 is 2.67 bits per heavy atom. The molecule has 1 rings (SSSR count). The fraction of sp³-hybridized carbons (Fsp3) is 0.167. The second-order valence-electron chi connectivity index (χ2n) is 1.38. The number of hydrogen-bond acceptors (Lipinski definition) is 3. The van der Waals surface area contributed by atoms with E-state index in [1.54, 1.807) is 30.2 Å². The molecule has 9 heavy (non-hydrogen) atoms. The first-order chi connectivity index (χ1) is 4.43. The molecule has 0 spiro atoms. The highest BCUT2D eigenvalue weighted by Crippen LogP contribution is 2.08. The highest BCUT2D eigenvalue weighted by molar-refractivity contribution is 7.99. The normalized spacial score (nSPS) is 9.44. The first-order valence-electron chi connectivity index (χ1n) is 2.62. The summed E-state index contributed by atoms with van der Waals surface area (Å²) < 4.78 is 0. The maximum absolute atomic E-state index is 3.98. The molecule has 1 aromatic rings. The second kappa shape index (κ2) is 3.45. The summed E-state index contributed by atoms with van der Waals surface area (Å²) in [6.07, 6.45) is 3.45. The van der Waals surface area contributed by atoms with E-state index in [1.165, 1.54) is 0 Å². The van der Waals surface area contributed by atoms with Crippen LogP contribution in [0.5, 0.6) is 0 Å². The zero-order valence-electron chi connectivity index (χ0n) is 4.95. The Labute approximate surface area is 58.7 Å². The van der Waals surface area contributed by atoms with Crippen LogP contribution in [0.4, 0.5) is 0 Å². The molecule has 0 N–H and O–H groups in total. The maximum Gasteiger partial charge on any atom is 0.187 e. The van der Waals surface area contributed by atoms with Crippen LogP contribution in [0.3, 0.4) is 0 Å². The highest BCUT2D eigenvalue weighted by atomic mass is 32.2. The Bertz CT molecular complexity index is 164. The summed E-state index contributed by atoms with van der Waals surface area (Å²) >= 11 is 1.54. The zero-order chi connectivity index (χ0) is 6.53. The molecule has 0 bridgehead atoms. The Kier molecular flexibility index (Phi) is 2.51. The molecule has 3 heteroatoms. The molecule has 1 aromatic heterocycles. The van der Waals surface area contributed by atoms with E-state index >= 15 is 0 Å². The average molecular weight is 139 g/mol. The van der Waals surface area contributed by atoms with Gasteiger partial charge in [0.25, 0.3) is 0 Å². The average Bonchev–Trinajstić information content (AvgIpc) is 1.91. The molecule has 0 aromatic carbocycles. The predicted molar refractivity (Wildman–Crippen MR) is 38.1 cm³/mol. The lowest BCUT2D eigenvalue weighted by molar-refractivity contribution is 0.969. The first-order valence-corrected chi connectivity index (χ1v) is 3.61. The van der Waals surface area contributed by atoms with E-state index in [0.29, 0.717) is 0 Å². The van der Waals surface area contributed by atoms with Crippen molar-refractivity contribution in [2.24, 2.45) is 0 Å². The summed E-state index contributed by atoms with van der Waals surface area (Å²) in [6.45, 7) is 3.66. The lowest BCUT2D eigenvalue weighted by Gasteiger charge is -1.91. The Morgan fingerprint density at radius 1 is 1.44 bits per heavy atom. The molecule has 1 radical (unpaired) electrons. The van der Waals surface area contributed by atoms with Gasteiger partial charge in [-0.25, -0.2) is 9.97 Å². The summed E-state index contributed by atoms with van der Waals surface area (Å²) in [5, 5.41) is 0.799. The van der Waals surface area contributed by atoms with Crippen molar-refractivity contribution in [1.82, 2.24) is 9.97 Å². The van der Waals surface area contributed by atoms with E-state index in [-0.39, 0.29) is 0 Å².